The smallest absolute Gasteiger partial charge is 0.0554 e. The molecule has 0 bridgehead atoms. The van der Waals surface area contributed by atoms with Gasteiger partial charge in [0.1, 0.15) is 0 Å². The van der Waals surface area contributed by atoms with E-state index < -0.39 is 0 Å². The predicted molar refractivity (Wildman–Crippen MR) is 114 cm³/mol. The molecule has 1 nitrogen and oxygen atoms in total. The summed E-state index contributed by atoms with van der Waals surface area (Å²) < 4.78 is 2.65. The van der Waals surface area contributed by atoms with Crippen molar-refractivity contribution in [1.82, 2.24) is 0 Å². The summed E-state index contributed by atoms with van der Waals surface area (Å²) in [6.45, 7) is 0. The minimum absolute atomic E-state index is 1.17. The first kappa shape index (κ1) is 15.2. The molecule has 5 rings (SSSR count). The maximum Gasteiger partial charge on any atom is 0.0554 e. The Morgan fingerprint density at radius 1 is 0.500 bits per heavy atom. The Hall–Kier alpha value is -3.10. The largest absolute Gasteiger partial charge is 0.310 e. The van der Waals surface area contributed by atoms with Gasteiger partial charge in [-0.3, -0.25) is 0 Å². The molecule has 0 unspecified atom stereocenters. The van der Waals surface area contributed by atoms with Gasteiger partial charge < -0.3 is 4.90 Å². The summed E-state index contributed by atoms with van der Waals surface area (Å²) in [6.07, 6.45) is 0. The van der Waals surface area contributed by atoms with Gasteiger partial charge in [0, 0.05) is 31.5 Å². The third-order valence-corrected chi connectivity index (χ3v) is 5.79. The summed E-state index contributed by atoms with van der Waals surface area (Å²) in [5.74, 6) is 0. The number of hydrogen-bond acceptors (Lipinski definition) is 2. The van der Waals surface area contributed by atoms with Gasteiger partial charge in [0.15, 0.2) is 0 Å². The summed E-state index contributed by atoms with van der Waals surface area (Å²) in [5.41, 5.74) is 3.56. The maximum absolute atomic E-state index is 2.35. The monoisotopic (exact) mass is 351 g/mol. The highest BCUT2D eigenvalue weighted by Gasteiger charge is 2.17. The van der Waals surface area contributed by atoms with Crippen LogP contribution in [0, 0.1) is 0 Å². The molecular formula is C24H17NS. The Bertz CT molecular complexity index is 1140. The minimum Gasteiger partial charge on any atom is -0.310 e. The topological polar surface area (TPSA) is 3.24 Å². The Kier molecular flexibility index (Phi) is 3.69. The molecule has 0 amide bonds. The van der Waals surface area contributed by atoms with Crippen molar-refractivity contribution in [3.63, 3.8) is 0 Å². The van der Waals surface area contributed by atoms with Crippen LogP contribution in [0.15, 0.2) is 103 Å². The fourth-order valence-corrected chi connectivity index (χ4v) is 4.65. The molecule has 0 saturated heterocycles. The SMILES string of the molecule is c1ccc(N(c2ccccc2)c2cccc3sc4ccccc4c23)cc1. The quantitative estimate of drug-likeness (QED) is 0.325. The first-order valence-corrected chi connectivity index (χ1v) is 9.54. The molecule has 1 aromatic heterocycles. The lowest BCUT2D eigenvalue weighted by atomic mass is 10.1. The molecule has 0 aliphatic heterocycles. The number of nitrogens with zero attached hydrogens (tertiary/aromatic N) is 1. The van der Waals surface area contributed by atoms with E-state index in [-0.39, 0.29) is 0 Å². The lowest BCUT2D eigenvalue weighted by Crippen LogP contribution is -2.09. The lowest BCUT2D eigenvalue weighted by Gasteiger charge is -2.26. The summed E-state index contributed by atoms with van der Waals surface area (Å²) >= 11 is 1.86. The van der Waals surface area contributed by atoms with Gasteiger partial charge in [-0.1, -0.05) is 60.7 Å². The first-order valence-electron chi connectivity index (χ1n) is 8.72. The molecule has 0 saturated carbocycles. The van der Waals surface area contributed by atoms with E-state index in [9.17, 15) is 0 Å². The van der Waals surface area contributed by atoms with E-state index in [0.29, 0.717) is 0 Å². The predicted octanol–water partition coefficient (Wildman–Crippen LogP) is 7.52. The number of para-hydroxylation sites is 2. The van der Waals surface area contributed by atoms with Crippen molar-refractivity contribution in [1.29, 1.82) is 0 Å². The lowest BCUT2D eigenvalue weighted by molar-refractivity contribution is 1.30. The molecule has 0 aliphatic carbocycles. The van der Waals surface area contributed by atoms with Crippen LogP contribution in [0.5, 0.6) is 0 Å². The molecule has 4 aromatic carbocycles. The minimum atomic E-state index is 1.17. The zero-order chi connectivity index (χ0) is 17.3. The third-order valence-electron chi connectivity index (χ3n) is 4.65. The van der Waals surface area contributed by atoms with E-state index >= 15 is 0 Å². The van der Waals surface area contributed by atoms with Crippen molar-refractivity contribution in [3.05, 3.63) is 103 Å². The van der Waals surface area contributed by atoms with Gasteiger partial charge in [-0.15, -0.1) is 11.3 Å². The summed E-state index contributed by atoms with van der Waals surface area (Å²) in [5, 5.41) is 2.64. The average Bonchev–Trinajstić information content (AvgIpc) is 3.09. The van der Waals surface area contributed by atoms with Gasteiger partial charge in [-0.2, -0.15) is 0 Å². The van der Waals surface area contributed by atoms with Crippen LogP contribution in [-0.2, 0) is 0 Å². The van der Waals surface area contributed by atoms with E-state index in [2.05, 4.69) is 108 Å². The van der Waals surface area contributed by atoms with Crippen molar-refractivity contribution in [2.45, 2.75) is 0 Å². The van der Waals surface area contributed by atoms with Gasteiger partial charge in [-0.25, -0.2) is 0 Å². The number of rotatable bonds is 3. The average molecular weight is 351 g/mol. The molecule has 0 spiro atoms. The summed E-state index contributed by atoms with van der Waals surface area (Å²) in [6, 6.07) is 36.4. The van der Waals surface area contributed by atoms with Gasteiger partial charge in [-0.05, 0) is 42.5 Å². The van der Waals surface area contributed by atoms with Crippen molar-refractivity contribution in [2.24, 2.45) is 0 Å². The second kappa shape index (κ2) is 6.32. The first-order chi connectivity index (χ1) is 12.9. The van der Waals surface area contributed by atoms with Crippen LogP contribution >= 0.6 is 11.3 Å². The van der Waals surface area contributed by atoms with E-state index in [1.807, 2.05) is 11.3 Å². The highest BCUT2D eigenvalue weighted by molar-refractivity contribution is 7.25. The molecule has 124 valence electrons. The second-order valence-electron chi connectivity index (χ2n) is 6.26. The number of thiophene rings is 1. The van der Waals surface area contributed by atoms with Crippen LogP contribution in [0.25, 0.3) is 20.2 Å². The Balaban J connectivity index is 1.85. The van der Waals surface area contributed by atoms with Crippen LogP contribution in [0.4, 0.5) is 17.1 Å². The van der Waals surface area contributed by atoms with Crippen molar-refractivity contribution >= 4 is 48.6 Å². The Labute approximate surface area is 156 Å². The van der Waals surface area contributed by atoms with E-state index in [0.717, 1.165) is 0 Å². The standard InChI is InChI=1S/C24H17NS/c1-3-10-18(11-4-1)25(19-12-5-2-6-13-19)21-15-9-17-23-24(21)20-14-7-8-16-22(20)26-23/h1-17H. The molecular weight excluding hydrogens is 334 g/mol. The maximum atomic E-state index is 2.35. The molecule has 5 aromatic rings. The van der Waals surface area contributed by atoms with Crippen LogP contribution in [0.2, 0.25) is 0 Å². The van der Waals surface area contributed by atoms with Gasteiger partial charge in [0.05, 0.1) is 5.69 Å². The molecule has 0 atom stereocenters. The molecule has 0 N–H and O–H groups in total. The fourth-order valence-electron chi connectivity index (χ4n) is 3.52. The highest BCUT2D eigenvalue weighted by Crippen LogP contribution is 2.44. The van der Waals surface area contributed by atoms with Gasteiger partial charge in [0.2, 0.25) is 0 Å². The van der Waals surface area contributed by atoms with E-state index in [1.165, 1.54) is 37.2 Å². The Morgan fingerprint density at radius 2 is 1.08 bits per heavy atom. The zero-order valence-electron chi connectivity index (χ0n) is 14.2. The molecule has 26 heavy (non-hydrogen) atoms. The number of anilines is 3. The summed E-state index contributed by atoms with van der Waals surface area (Å²) in [4.78, 5) is 2.35. The number of fused-ring (bicyclic) bond motifs is 3. The molecule has 2 heteroatoms. The van der Waals surface area contributed by atoms with E-state index in [1.54, 1.807) is 0 Å². The number of hydrogen-bond donors (Lipinski definition) is 0. The Morgan fingerprint density at radius 3 is 1.77 bits per heavy atom. The third kappa shape index (κ3) is 2.47. The zero-order valence-corrected chi connectivity index (χ0v) is 15.0. The normalized spacial score (nSPS) is 11.1. The fraction of sp³-hybridized carbons (Fsp3) is 0. The highest BCUT2D eigenvalue weighted by atomic mass is 32.1. The van der Waals surface area contributed by atoms with Crippen molar-refractivity contribution in [3.8, 4) is 0 Å². The molecule has 1 heterocycles. The van der Waals surface area contributed by atoms with Crippen LogP contribution < -0.4 is 4.90 Å². The molecule has 0 fully saturated rings. The van der Waals surface area contributed by atoms with E-state index in [4.69, 9.17) is 0 Å². The molecule has 0 aliphatic rings. The summed E-state index contributed by atoms with van der Waals surface area (Å²) in [7, 11) is 0. The van der Waals surface area contributed by atoms with Crippen LogP contribution in [0.3, 0.4) is 0 Å². The second-order valence-corrected chi connectivity index (χ2v) is 7.34. The number of benzene rings is 4. The van der Waals surface area contributed by atoms with Crippen molar-refractivity contribution in [2.75, 3.05) is 4.90 Å². The molecule has 0 radical (unpaired) electrons. The van der Waals surface area contributed by atoms with Crippen molar-refractivity contribution < 1.29 is 0 Å². The van der Waals surface area contributed by atoms with Gasteiger partial charge >= 0.3 is 0 Å². The van der Waals surface area contributed by atoms with Crippen LogP contribution in [0.1, 0.15) is 0 Å². The van der Waals surface area contributed by atoms with Gasteiger partial charge in [0.25, 0.3) is 0 Å². The van der Waals surface area contributed by atoms with Crippen LogP contribution in [-0.4, -0.2) is 0 Å².